The molecule has 6 rings (SSSR count). The van der Waals surface area contributed by atoms with Gasteiger partial charge in [0.1, 0.15) is 5.65 Å². The third-order valence-electron chi connectivity index (χ3n) is 6.33. The number of anilines is 1. The number of H-pyrrole nitrogens is 1. The predicted molar refractivity (Wildman–Crippen MR) is 124 cm³/mol. The van der Waals surface area contributed by atoms with Gasteiger partial charge in [0.25, 0.3) is 0 Å². The summed E-state index contributed by atoms with van der Waals surface area (Å²) in [6.45, 7) is 2.20. The third kappa shape index (κ3) is 3.31. The Bertz CT molecular complexity index is 1400. The highest BCUT2D eigenvalue weighted by atomic mass is 15.2. The molecule has 9 nitrogen and oxygen atoms in total. The second-order valence-corrected chi connectivity index (χ2v) is 8.59. The molecule has 1 aliphatic rings. The Balaban J connectivity index is 1.33. The van der Waals surface area contributed by atoms with Crippen LogP contribution in [0, 0.1) is 0 Å². The molecule has 0 saturated carbocycles. The second-order valence-electron chi connectivity index (χ2n) is 8.59. The van der Waals surface area contributed by atoms with Crippen LogP contribution in [0.1, 0.15) is 12.8 Å². The molecule has 9 heteroatoms. The molecular weight excluding hydrogens is 402 g/mol. The topological polar surface area (TPSA) is 92.0 Å². The lowest BCUT2D eigenvalue weighted by Crippen LogP contribution is -2.37. The van der Waals surface area contributed by atoms with Gasteiger partial charge in [0, 0.05) is 60.0 Å². The van der Waals surface area contributed by atoms with Crippen LogP contribution in [0.2, 0.25) is 0 Å². The lowest BCUT2D eigenvalue weighted by molar-refractivity contribution is 0.263. The van der Waals surface area contributed by atoms with Crippen LogP contribution in [0.4, 0.5) is 5.95 Å². The Hall–Kier alpha value is -3.72. The van der Waals surface area contributed by atoms with Crippen molar-refractivity contribution in [2.75, 3.05) is 25.5 Å². The van der Waals surface area contributed by atoms with Crippen molar-refractivity contribution >= 4 is 22.5 Å². The minimum Gasteiger partial charge on any atom is -0.351 e. The fourth-order valence-electron chi connectivity index (χ4n) is 4.48. The minimum atomic E-state index is 0.424. The highest BCUT2D eigenvalue weighted by Crippen LogP contribution is 2.31. The summed E-state index contributed by atoms with van der Waals surface area (Å²) < 4.78 is 3.69. The highest BCUT2D eigenvalue weighted by molar-refractivity contribution is 5.95. The number of aromatic amines is 1. The molecule has 5 aromatic heterocycles. The van der Waals surface area contributed by atoms with Crippen LogP contribution in [-0.4, -0.2) is 65.4 Å². The van der Waals surface area contributed by atoms with E-state index in [4.69, 9.17) is 4.98 Å². The van der Waals surface area contributed by atoms with Gasteiger partial charge in [-0.05, 0) is 50.7 Å². The van der Waals surface area contributed by atoms with Gasteiger partial charge in [0.15, 0.2) is 0 Å². The summed E-state index contributed by atoms with van der Waals surface area (Å²) in [6.07, 6.45) is 13.9. The number of aromatic nitrogens is 7. The SMILES string of the molecule is CN1CCC(Nc2ncc3c(-c4ccn5ncc(-c6cnn(C)c6)c5c4)c[nH]c3n2)CC1. The van der Waals surface area contributed by atoms with Gasteiger partial charge in [0.05, 0.1) is 17.9 Å². The van der Waals surface area contributed by atoms with Gasteiger partial charge in [-0.15, -0.1) is 0 Å². The van der Waals surface area contributed by atoms with Crippen molar-refractivity contribution in [3.8, 4) is 22.3 Å². The number of hydrogen-bond acceptors (Lipinski definition) is 6. The number of pyridine rings is 1. The van der Waals surface area contributed by atoms with E-state index in [0.717, 1.165) is 64.7 Å². The van der Waals surface area contributed by atoms with Gasteiger partial charge in [-0.3, -0.25) is 4.68 Å². The van der Waals surface area contributed by atoms with Gasteiger partial charge >= 0.3 is 0 Å². The van der Waals surface area contributed by atoms with Gasteiger partial charge in [0.2, 0.25) is 5.95 Å². The van der Waals surface area contributed by atoms with E-state index in [1.165, 1.54) is 0 Å². The van der Waals surface area contributed by atoms with Crippen LogP contribution >= 0.6 is 0 Å². The summed E-state index contributed by atoms with van der Waals surface area (Å²) >= 11 is 0. The molecule has 1 aliphatic heterocycles. The maximum absolute atomic E-state index is 4.73. The summed E-state index contributed by atoms with van der Waals surface area (Å²) in [4.78, 5) is 15.0. The zero-order valence-corrected chi connectivity index (χ0v) is 18.2. The van der Waals surface area contributed by atoms with E-state index in [9.17, 15) is 0 Å². The molecule has 162 valence electrons. The monoisotopic (exact) mass is 427 g/mol. The molecular formula is C23H25N9. The summed E-state index contributed by atoms with van der Waals surface area (Å²) in [5, 5.41) is 13.3. The van der Waals surface area contributed by atoms with Crippen molar-refractivity contribution in [3.05, 3.63) is 49.3 Å². The van der Waals surface area contributed by atoms with Gasteiger partial charge in [-0.2, -0.15) is 15.2 Å². The van der Waals surface area contributed by atoms with Gasteiger partial charge in [-0.1, -0.05) is 0 Å². The zero-order valence-electron chi connectivity index (χ0n) is 18.2. The second kappa shape index (κ2) is 7.45. The predicted octanol–water partition coefficient (Wildman–Crippen LogP) is 3.18. The largest absolute Gasteiger partial charge is 0.351 e. The van der Waals surface area contributed by atoms with Crippen LogP contribution in [0.25, 0.3) is 38.8 Å². The Morgan fingerprint density at radius 3 is 2.72 bits per heavy atom. The number of piperidine rings is 1. The molecule has 32 heavy (non-hydrogen) atoms. The van der Waals surface area contributed by atoms with Crippen LogP contribution < -0.4 is 5.32 Å². The molecule has 1 fully saturated rings. The smallest absolute Gasteiger partial charge is 0.224 e. The maximum Gasteiger partial charge on any atom is 0.224 e. The molecule has 2 N–H and O–H groups in total. The first kappa shape index (κ1) is 19.0. The molecule has 0 amide bonds. The van der Waals surface area contributed by atoms with Gasteiger partial charge < -0.3 is 15.2 Å². The molecule has 5 aromatic rings. The van der Waals surface area contributed by atoms with Crippen molar-refractivity contribution in [1.29, 1.82) is 0 Å². The van der Waals surface area contributed by atoms with Crippen LogP contribution in [0.5, 0.6) is 0 Å². The minimum absolute atomic E-state index is 0.424. The van der Waals surface area contributed by atoms with Crippen molar-refractivity contribution < 1.29 is 0 Å². The molecule has 0 radical (unpaired) electrons. The van der Waals surface area contributed by atoms with Crippen LogP contribution in [0.15, 0.2) is 49.3 Å². The van der Waals surface area contributed by atoms with E-state index in [1.807, 2.05) is 48.7 Å². The maximum atomic E-state index is 4.73. The quantitative estimate of drug-likeness (QED) is 0.458. The van der Waals surface area contributed by atoms with Crippen molar-refractivity contribution in [2.24, 2.45) is 7.05 Å². The average molecular weight is 428 g/mol. The fourth-order valence-corrected chi connectivity index (χ4v) is 4.48. The first-order valence-corrected chi connectivity index (χ1v) is 10.9. The summed E-state index contributed by atoms with van der Waals surface area (Å²) in [5.41, 5.74) is 6.14. The number of fused-ring (bicyclic) bond motifs is 2. The van der Waals surface area contributed by atoms with Gasteiger partial charge in [-0.25, -0.2) is 9.50 Å². The first-order valence-electron chi connectivity index (χ1n) is 10.9. The van der Waals surface area contributed by atoms with Crippen molar-refractivity contribution in [1.82, 2.24) is 39.2 Å². The van der Waals surface area contributed by atoms with E-state index in [2.05, 4.69) is 49.6 Å². The van der Waals surface area contributed by atoms with Crippen molar-refractivity contribution in [2.45, 2.75) is 18.9 Å². The van der Waals surface area contributed by atoms with E-state index in [1.54, 1.807) is 4.68 Å². The molecule has 0 unspecified atom stereocenters. The zero-order chi connectivity index (χ0) is 21.7. The summed E-state index contributed by atoms with van der Waals surface area (Å²) in [6, 6.07) is 4.65. The van der Waals surface area contributed by atoms with Crippen molar-refractivity contribution in [3.63, 3.8) is 0 Å². The summed E-state index contributed by atoms with van der Waals surface area (Å²) in [5.74, 6) is 0.686. The van der Waals surface area contributed by atoms with E-state index in [-0.39, 0.29) is 0 Å². The Morgan fingerprint density at radius 1 is 1.03 bits per heavy atom. The highest BCUT2D eigenvalue weighted by Gasteiger charge is 2.18. The van der Waals surface area contributed by atoms with Crippen LogP contribution in [0.3, 0.4) is 0 Å². The molecule has 0 spiro atoms. The first-order chi connectivity index (χ1) is 15.6. The number of aryl methyl sites for hydroxylation is 1. The molecule has 1 saturated heterocycles. The van der Waals surface area contributed by atoms with E-state index >= 15 is 0 Å². The normalized spacial score (nSPS) is 15.7. The number of rotatable bonds is 4. The Kier molecular flexibility index (Phi) is 4.43. The Labute approximate surface area is 185 Å². The number of nitrogens with zero attached hydrogens (tertiary/aromatic N) is 7. The fraction of sp³-hybridized carbons (Fsp3) is 0.304. The lowest BCUT2D eigenvalue weighted by atomic mass is 10.1. The molecule has 0 bridgehead atoms. The van der Waals surface area contributed by atoms with E-state index < -0.39 is 0 Å². The number of likely N-dealkylation sites (tertiary alicyclic amines) is 1. The molecule has 6 heterocycles. The molecule has 0 aromatic carbocycles. The number of hydrogen-bond donors (Lipinski definition) is 2. The lowest BCUT2D eigenvalue weighted by Gasteiger charge is -2.29. The average Bonchev–Trinajstić information content (AvgIpc) is 3.52. The standard InChI is InChI=1S/C23H25N9/c1-30-6-4-17(5-7-30)28-23-25-12-20-18(11-24-22(20)29-23)15-3-8-32-21(9-15)19(13-27-32)16-10-26-31(2)14-16/h3,8-14,17H,4-7H2,1-2H3,(H2,24,25,28,29). The number of nitrogens with one attached hydrogen (secondary N) is 2. The van der Waals surface area contributed by atoms with E-state index in [0.29, 0.717) is 12.0 Å². The summed E-state index contributed by atoms with van der Waals surface area (Å²) in [7, 11) is 4.09. The molecule has 0 atom stereocenters. The Morgan fingerprint density at radius 2 is 1.91 bits per heavy atom. The third-order valence-corrected chi connectivity index (χ3v) is 6.33. The van der Waals surface area contributed by atoms with Crippen LogP contribution in [-0.2, 0) is 7.05 Å². The molecule has 0 aliphatic carbocycles.